The Morgan fingerprint density at radius 3 is 2.47 bits per heavy atom. The van der Waals surface area contributed by atoms with Gasteiger partial charge in [0.1, 0.15) is 10.6 Å². The van der Waals surface area contributed by atoms with Gasteiger partial charge in [-0.2, -0.15) is 8.42 Å². The first-order chi connectivity index (χ1) is 15.4. The van der Waals surface area contributed by atoms with Crippen molar-refractivity contribution in [3.05, 3.63) is 54.1 Å². The maximum atomic E-state index is 12.8. The number of benzene rings is 2. The lowest BCUT2D eigenvalue weighted by Gasteiger charge is -2.25. The molecule has 0 N–H and O–H groups in total. The van der Waals surface area contributed by atoms with Crippen LogP contribution in [-0.2, 0) is 10.1 Å². The summed E-state index contributed by atoms with van der Waals surface area (Å²) in [4.78, 5) is 16.5. The lowest BCUT2D eigenvalue weighted by Crippen LogP contribution is -2.32. The van der Waals surface area contributed by atoms with E-state index in [4.69, 9.17) is 4.18 Å². The highest BCUT2D eigenvalue weighted by Gasteiger charge is 2.29. The quantitative estimate of drug-likeness (QED) is 0.356. The third kappa shape index (κ3) is 5.44. The largest absolute Gasteiger partial charge is 0.379 e. The van der Waals surface area contributed by atoms with Gasteiger partial charge in [0.25, 0.3) is 0 Å². The summed E-state index contributed by atoms with van der Waals surface area (Å²) in [7, 11) is -3.93. The Morgan fingerprint density at radius 2 is 1.78 bits per heavy atom. The van der Waals surface area contributed by atoms with Crippen molar-refractivity contribution in [2.75, 3.05) is 24.5 Å². The molecule has 172 valence electrons. The molecular formula is C25H32N2O4S. The van der Waals surface area contributed by atoms with Gasteiger partial charge >= 0.3 is 16.1 Å². The first-order valence-electron chi connectivity index (χ1n) is 11.6. The van der Waals surface area contributed by atoms with E-state index in [1.807, 2.05) is 17.9 Å². The van der Waals surface area contributed by atoms with Crippen LogP contribution in [0.5, 0.6) is 5.75 Å². The summed E-state index contributed by atoms with van der Waals surface area (Å²) in [5.74, 6) is 1.24. The van der Waals surface area contributed by atoms with E-state index in [-0.39, 0.29) is 16.7 Å². The van der Waals surface area contributed by atoms with Crippen molar-refractivity contribution in [1.29, 1.82) is 0 Å². The van der Waals surface area contributed by atoms with Crippen LogP contribution >= 0.6 is 0 Å². The fourth-order valence-electron chi connectivity index (χ4n) is 4.36. The van der Waals surface area contributed by atoms with Crippen molar-refractivity contribution in [3.63, 3.8) is 0 Å². The number of urea groups is 1. The highest BCUT2D eigenvalue weighted by atomic mass is 32.2. The van der Waals surface area contributed by atoms with Gasteiger partial charge in [-0.1, -0.05) is 50.7 Å². The zero-order chi connectivity index (χ0) is 22.6. The second-order valence-corrected chi connectivity index (χ2v) is 10.5. The number of carbonyl (C=O) groups excluding carboxylic acids is 1. The average Bonchev–Trinajstić information content (AvgIpc) is 3.09. The van der Waals surface area contributed by atoms with Crippen molar-refractivity contribution in [1.82, 2.24) is 4.90 Å². The monoisotopic (exact) mass is 456 g/mol. The van der Waals surface area contributed by atoms with Crippen molar-refractivity contribution in [2.24, 2.45) is 5.92 Å². The number of carbonyl (C=O) groups is 1. The fraction of sp³-hybridized carbons (Fsp3) is 0.480. The number of nitrogens with zero attached hydrogens (tertiary/aromatic N) is 2. The molecule has 1 aliphatic carbocycles. The maximum Gasteiger partial charge on any atom is 0.339 e. The number of unbranched alkanes of at least 4 members (excludes halogenated alkanes) is 2. The minimum atomic E-state index is -3.93. The van der Waals surface area contributed by atoms with Gasteiger partial charge in [-0.15, -0.1) is 0 Å². The molecule has 0 unspecified atom stereocenters. The van der Waals surface area contributed by atoms with Gasteiger partial charge in [-0.05, 0) is 61.2 Å². The average molecular weight is 457 g/mol. The van der Waals surface area contributed by atoms with Crippen LogP contribution in [0.25, 0.3) is 0 Å². The number of amides is 2. The third-order valence-electron chi connectivity index (χ3n) is 6.49. The first kappa shape index (κ1) is 22.6. The second kappa shape index (κ2) is 9.94. The van der Waals surface area contributed by atoms with Gasteiger partial charge in [0.05, 0.1) is 0 Å². The SMILES string of the molecule is Cc1cccc(OS(=O)(=O)c2ccc(N3CCN(CCCCCC4CCC4)C3=O)cc2)c1. The van der Waals surface area contributed by atoms with Crippen LogP contribution in [0.3, 0.4) is 0 Å². The van der Waals surface area contributed by atoms with Crippen molar-refractivity contribution >= 4 is 21.8 Å². The molecule has 2 aromatic carbocycles. The van der Waals surface area contributed by atoms with Gasteiger partial charge in [-0.25, -0.2) is 4.79 Å². The first-order valence-corrected chi connectivity index (χ1v) is 13.0. The van der Waals surface area contributed by atoms with E-state index < -0.39 is 10.1 Å². The summed E-state index contributed by atoms with van der Waals surface area (Å²) in [5.41, 5.74) is 1.63. The van der Waals surface area contributed by atoms with Crippen LogP contribution in [0.15, 0.2) is 53.4 Å². The molecule has 1 aliphatic heterocycles. The molecule has 2 aromatic rings. The van der Waals surface area contributed by atoms with Crippen molar-refractivity contribution in [2.45, 2.75) is 56.8 Å². The lowest BCUT2D eigenvalue weighted by atomic mass is 9.82. The molecule has 1 heterocycles. The molecule has 0 radical (unpaired) electrons. The summed E-state index contributed by atoms with van der Waals surface area (Å²) in [5, 5.41) is 0. The Hall–Kier alpha value is -2.54. The van der Waals surface area contributed by atoms with E-state index in [9.17, 15) is 13.2 Å². The zero-order valence-electron chi connectivity index (χ0n) is 18.7. The third-order valence-corrected chi connectivity index (χ3v) is 7.75. The Labute approximate surface area is 191 Å². The number of rotatable bonds is 10. The van der Waals surface area contributed by atoms with E-state index in [2.05, 4.69) is 0 Å². The minimum absolute atomic E-state index is 0.00406. The minimum Gasteiger partial charge on any atom is -0.379 e. The van der Waals surface area contributed by atoms with Crippen LogP contribution in [0.4, 0.5) is 10.5 Å². The number of aryl methyl sites for hydroxylation is 1. The molecule has 1 saturated heterocycles. The van der Waals surface area contributed by atoms with E-state index in [1.54, 1.807) is 35.2 Å². The molecule has 2 amide bonds. The molecule has 6 nitrogen and oxygen atoms in total. The number of hydrogen-bond acceptors (Lipinski definition) is 4. The van der Waals surface area contributed by atoms with E-state index in [1.165, 1.54) is 50.7 Å². The van der Waals surface area contributed by atoms with Crippen LogP contribution in [0.1, 0.15) is 50.5 Å². The Balaban J connectivity index is 1.30. The molecule has 0 atom stereocenters. The molecule has 2 aliphatic rings. The Kier molecular flexibility index (Phi) is 7.04. The molecule has 4 rings (SSSR count). The molecule has 0 bridgehead atoms. The molecular weight excluding hydrogens is 424 g/mol. The lowest BCUT2D eigenvalue weighted by molar-refractivity contribution is 0.219. The summed E-state index contributed by atoms with van der Waals surface area (Å²) in [6, 6.07) is 13.3. The van der Waals surface area contributed by atoms with Crippen LogP contribution in [-0.4, -0.2) is 39.0 Å². The summed E-state index contributed by atoms with van der Waals surface area (Å²) < 4.78 is 30.4. The molecule has 0 spiro atoms. The number of hydrogen-bond donors (Lipinski definition) is 0. The standard InChI is InChI=1S/C25H32N2O4S/c1-20-7-5-11-23(19-20)31-32(29,30)24-14-12-22(13-15-24)27-18-17-26(25(27)28)16-4-2-3-8-21-9-6-10-21/h5,7,11-15,19,21H,2-4,6,8-10,16-18H2,1H3. The van der Waals surface area contributed by atoms with E-state index in [0.717, 1.165) is 24.4 Å². The molecule has 2 fully saturated rings. The topological polar surface area (TPSA) is 66.9 Å². The van der Waals surface area contributed by atoms with Crippen LogP contribution in [0, 0.1) is 12.8 Å². The normalized spacial score (nSPS) is 17.0. The smallest absolute Gasteiger partial charge is 0.339 e. The maximum absolute atomic E-state index is 12.8. The van der Waals surface area contributed by atoms with Crippen molar-refractivity contribution < 1.29 is 17.4 Å². The Bertz CT molecular complexity index is 1030. The zero-order valence-corrected chi connectivity index (χ0v) is 19.5. The van der Waals surface area contributed by atoms with Crippen LogP contribution in [0.2, 0.25) is 0 Å². The van der Waals surface area contributed by atoms with E-state index in [0.29, 0.717) is 18.8 Å². The molecule has 7 heteroatoms. The van der Waals surface area contributed by atoms with Gasteiger partial charge in [0.15, 0.2) is 0 Å². The molecule has 32 heavy (non-hydrogen) atoms. The van der Waals surface area contributed by atoms with Crippen LogP contribution < -0.4 is 9.08 Å². The fourth-order valence-corrected chi connectivity index (χ4v) is 5.28. The predicted octanol–water partition coefficient (Wildman–Crippen LogP) is 5.37. The van der Waals surface area contributed by atoms with Gasteiger partial charge in [0, 0.05) is 25.3 Å². The molecule has 0 aromatic heterocycles. The predicted molar refractivity (Wildman–Crippen MR) is 126 cm³/mol. The Morgan fingerprint density at radius 1 is 1.00 bits per heavy atom. The number of anilines is 1. The van der Waals surface area contributed by atoms with E-state index >= 15 is 0 Å². The highest BCUT2D eigenvalue weighted by molar-refractivity contribution is 7.87. The van der Waals surface area contributed by atoms with Gasteiger partial charge in [0.2, 0.25) is 0 Å². The van der Waals surface area contributed by atoms with Crippen molar-refractivity contribution in [3.8, 4) is 5.75 Å². The summed E-state index contributed by atoms with van der Waals surface area (Å²) in [6.45, 7) is 3.99. The summed E-state index contributed by atoms with van der Waals surface area (Å²) >= 11 is 0. The second-order valence-electron chi connectivity index (χ2n) is 8.92. The van der Waals surface area contributed by atoms with Gasteiger partial charge in [-0.3, -0.25) is 4.90 Å². The summed E-state index contributed by atoms with van der Waals surface area (Å²) in [6.07, 6.45) is 9.01. The highest BCUT2D eigenvalue weighted by Crippen LogP contribution is 2.31. The molecule has 1 saturated carbocycles. The van der Waals surface area contributed by atoms with Gasteiger partial charge < -0.3 is 9.08 Å².